The fraction of sp³-hybridized carbons (Fsp3) is 0.545. The fourth-order valence-corrected chi connectivity index (χ4v) is 5.07. The Kier molecular flexibility index (Phi) is 5.67. The van der Waals surface area contributed by atoms with Crippen molar-refractivity contribution in [3.63, 3.8) is 0 Å². The summed E-state index contributed by atoms with van der Waals surface area (Å²) in [5.74, 6) is 0.358. The van der Waals surface area contributed by atoms with E-state index in [9.17, 15) is 14.7 Å². The van der Waals surface area contributed by atoms with E-state index in [1.165, 1.54) is 11.0 Å². The van der Waals surface area contributed by atoms with Gasteiger partial charge in [0.1, 0.15) is 12.9 Å². The number of cyclic esters (lactones) is 1. The largest absolute Gasteiger partial charge is 0.456 e. The summed E-state index contributed by atoms with van der Waals surface area (Å²) in [4.78, 5) is 33.5. The van der Waals surface area contributed by atoms with Crippen molar-refractivity contribution in [3.05, 3.63) is 41.5 Å². The van der Waals surface area contributed by atoms with Crippen molar-refractivity contribution in [1.29, 1.82) is 0 Å². The number of carbonyl (C=O) groups is 2. The number of carbonyl (C=O) groups excluding carboxylic acids is 2. The number of ether oxygens (including phenoxy) is 1. The molecule has 33 heavy (non-hydrogen) atoms. The van der Waals surface area contributed by atoms with Crippen molar-refractivity contribution >= 4 is 11.9 Å². The second-order valence-electron chi connectivity index (χ2n) is 9.01. The predicted octanol–water partition coefficient (Wildman–Crippen LogP) is 0.626. The van der Waals surface area contributed by atoms with Crippen LogP contribution in [-0.2, 0) is 14.3 Å². The van der Waals surface area contributed by atoms with Crippen LogP contribution in [0.4, 0.5) is 0 Å². The van der Waals surface area contributed by atoms with E-state index in [1.54, 1.807) is 24.1 Å². The van der Waals surface area contributed by atoms with Gasteiger partial charge in [-0.15, -0.1) is 5.10 Å². The molecule has 11 nitrogen and oxygen atoms in total. The molecule has 1 unspecified atom stereocenters. The maximum Gasteiger partial charge on any atom is 0.336 e. The van der Waals surface area contributed by atoms with Crippen molar-refractivity contribution in [2.24, 2.45) is 5.41 Å². The number of hydrogen-bond acceptors (Lipinski definition) is 9. The third-order valence-corrected chi connectivity index (χ3v) is 7.12. The molecule has 3 aliphatic rings. The zero-order chi connectivity index (χ0) is 23.0. The van der Waals surface area contributed by atoms with Crippen LogP contribution in [0.25, 0.3) is 5.82 Å². The average molecular weight is 454 g/mol. The molecule has 1 spiro atoms. The molecule has 0 aromatic carbocycles. The minimum atomic E-state index is -0.681. The summed E-state index contributed by atoms with van der Waals surface area (Å²) in [6.07, 6.45) is 5.66. The molecule has 2 saturated heterocycles. The molecule has 3 aliphatic heterocycles. The van der Waals surface area contributed by atoms with Crippen LogP contribution in [0.5, 0.6) is 0 Å². The van der Waals surface area contributed by atoms with Crippen molar-refractivity contribution < 1.29 is 19.4 Å². The Morgan fingerprint density at radius 3 is 2.73 bits per heavy atom. The summed E-state index contributed by atoms with van der Waals surface area (Å²) in [6, 6.07) is 3.60. The number of aromatic nitrogens is 5. The van der Waals surface area contributed by atoms with Crippen molar-refractivity contribution in [2.75, 3.05) is 32.8 Å². The molecule has 2 fully saturated rings. The third-order valence-electron chi connectivity index (χ3n) is 7.12. The Labute approximate surface area is 191 Å². The first kappa shape index (κ1) is 21.7. The lowest BCUT2D eigenvalue weighted by Crippen LogP contribution is -2.36. The predicted molar refractivity (Wildman–Crippen MR) is 115 cm³/mol. The van der Waals surface area contributed by atoms with Crippen LogP contribution in [0.2, 0.25) is 0 Å². The Bertz CT molecular complexity index is 1070. The highest BCUT2D eigenvalue weighted by molar-refractivity contribution is 5.94. The van der Waals surface area contributed by atoms with Gasteiger partial charge in [-0.1, -0.05) is 6.07 Å². The van der Waals surface area contributed by atoms with Gasteiger partial charge in [-0.2, -0.15) is 4.68 Å². The number of esters is 1. The molecule has 2 atom stereocenters. The standard InChI is InChI=1S/C22H27N7O4/c1-15-17(13-33-20(15)31)28-10-7-22(21(28)32)5-2-8-27(9-6-22)12-18(30)16-3-4-19(23-11-16)29-14-24-25-26-29/h3-4,11,14,18,30H,2,5-10,12-13H2,1H3/t18-,22?/m0/s1. The van der Waals surface area contributed by atoms with Gasteiger partial charge in [0.2, 0.25) is 5.91 Å². The number of aliphatic hydroxyl groups excluding tert-OH is 1. The van der Waals surface area contributed by atoms with E-state index < -0.39 is 11.5 Å². The summed E-state index contributed by atoms with van der Waals surface area (Å²) in [6.45, 7) is 4.58. The first-order valence-corrected chi connectivity index (χ1v) is 11.3. The summed E-state index contributed by atoms with van der Waals surface area (Å²) < 4.78 is 6.57. The molecule has 1 N–H and O–H groups in total. The van der Waals surface area contributed by atoms with Gasteiger partial charge in [0.15, 0.2) is 5.82 Å². The first-order chi connectivity index (χ1) is 16.0. The molecule has 5 heterocycles. The van der Waals surface area contributed by atoms with E-state index in [0.717, 1.165) is 50.0 Å². The molecule has 11 heteroatoms. The van der Waals surface area contributed by atoms with E-state index in [1.807, 2.05) is 6.07 Å². The van der Waals surface area contributed by atoms with Crippen LogP contribution >= 0.6 is 0 Å². The second-order valence-corrected chi connectivity index (χ2v) is 9.01. The molecule has 0 radical (unpaired) electrons. The number of β-amino-alcohol motifs (C(OH)–C–C–N with tert-alkyl or cyclic N) is 1. The van der Waals surface area contributed by atoms with Gasteiger partial charge < -0.3 is 19.6 Å². The van der Waals surface area contributed by atoms with Gasteiger partial charge in [-0.25, -0.2) is 9.78 Å². The van der Waals surface area contributed by atoms with Crippen LogP contribution < -0.4 is 0 Å². The van der Waals surface area contributed by atoms with Crippen molar-refractivity contribution in [2.45, 2.75) is 38.7 Å². The summed E-state index contributed by atoms with van der Waals surface area (Å²) in [5.41, 5.74) is 1.59. The number of pyridine rings is 1. The lowest BCUT2D eigenvalue weighted by atomic mass is 9.79. The fourth-order valence-electron chi connectivity index (χ4n) is 5.07. The van der Waals surface area contributed by atoms with E-state index in [4.69, 9.17) is 4.74 Å². The van der Waals surface area contributed by atoms with Crippen LogP contribution in [0.3, 0.4) is 0 Å². The second kappa shape index (κ2) is 8.64. The van der Waals surface area contributed by atoms with Crippen LogP contribution in [0.1, 0.15) is 44.3 Å². The monoisotopic (exact) mass is 453 g/mol. The first-order valence-electron chi connectivity index (χ1n) is 11.3. The molecule has 0 aliphatic carbocycles. The Morgan fingerprint density at radius 2 is 2.03 bits per heavy atom. The molecular weight excluding hydrogens is 426 g/mol. The number of tetrazole rings is 1. The minimum Gasteiger partial charge on any atom is -0.456 e. The van der Waals surface area contributed by atoms with Gasteiger partial charge >= 0.3 is 5.97 Å². The maximum absolute atomic E-state index is 13.4. The van der Waals surface area contributed by atoms with E-state index in [2.05, 4.69) is 25.4 Å². The number of likely N-dealkylation sites (tertiary alicyclic amines) is 2. The quantitative estimate of drug-likeness (QED) is 0.649. The van der Waals surface area contributed by atoms with E-state index in [-0.39, 0.29) is 18.5 Å². The highest BCUT2D eigenvalue weighted by Crippen LogP contribution is 2.43. The summed E-state index contributed by atoms with van der Waals surface area (Å²) >= 11 is 0. The number of aliphatic hydroxyl groups is 1. The normalized spacial score (nSPS) is 25.1. The van der Waals surface area contributed by atoms with Crippen molar-refractivity contribution in [3.8, 4) is 5.82 Å². The van der Waals surface area contributed by atoms with Gasteiger partial charge in [0.25, 0.3) is 0 Å². The molecule has 1 amide bonds. The van der Waals surface area contributed by atoms with E-state index in [0.29, 0.717) is 24.5 Å². The number of rotatable bonds is 5. The molecule has 5 rings (SSSR count). The smallest absolute Gasteiger partial charge is 0.336 e. The molecular formula is C22H27N7O4. The zero-order valence-corrected chi connectivity index (χ0v) is 18.6. The molecule has 2 aromatic rings. The Morgan fingerprint density at radius 1 is 1.18 bits per heavy atom. The van der Waals surface area contributed by atoms with E-state index >= 15 is 0 Å². The zero-order valence-electron chi connectivity index (χ0n) is 18.6. The van der Waals surface area contributed by atoms with Gasteiger partial charge in [-0.05, 0) is 62.2 Å². The molecule has 0 bridgehead atoms. The minimum absolute atomic E-state index is 0.111. The third kappa shape index (κ3) is 4.02. The summed E-state index contributed by atoms with van der Waals surface area (Å²) in [7, 11) is 0. The highest BCUT2D eigenvalue weighted by atomic mass is 16.5. The lowest BCUT2D eigenvalue weighted by Gasteiger charge is -2.27. The topological polar surface area (TPSA) is 127 Å². The van der Waals surface area contributed by atoms with Gasteiger partial charge in [0.05, 0.1) is 22.8 Å². The number of amides is 1. The van der Waals surface area contributed by atoms with Crippen molar-refractivity contribution in [1.82, 2.24) is 35.0 Å². The Balaban J connectivity index is 1.21. The number of nitrogens with zero attached hydrogens (tertiary/aromatic N) is 7. The number of hydrogen-bond donors (Lipinski definition) is 1. The summed E-state index contributed by atoms with van der Waals surface area (Å²) in [5, 5.41) is 21.8. The van der Waals surface area contributed by atoms with Gasteiger partial charge in [0, 0.05) is 24.8 Å². The molecule has 174 valence electrons. The van der Waals surface area contributed by atoms with Crippen LogP contribution in [0.15, 0.2) is 35.9 Å². The Hall–Kier alpha value is -3.18. The van der Waals surface area contributed by atoms with Crippen LogP contribution in [-0.4, -0.2) is 84.8 Å². The van der Waals surface area contributed by atoms with Gasteiger partial charge in [-0.3, -0.25) is 4.79 Å². The van der Waals surface area contributed by atoms with Crippen LogP contribution in [0, 0.1) is 5.41 Å². The highest BCUT2D eigenvalue weighted by Gasteiger charge is 2.49. The molecule has 0 saturated carbocycles. The lowest BCUT2D eigenvalue weighted by molar-refractivity contribution is -0.137. The SMILES string of the molecule is CC1=C(N2CCC3(CCCN(C[C@H](O)c4ccc(-n5cnnn5)nc4)CC3)C2=O)COC1=O. The average Bonchev–Trinajstić information content (AvgIpc) is 3.50. The molecule has 2 aromatic heterocycles. The maximum atomic E-state index is 13.4.